The molecule has 0 spiro atoms. The van der Waals surface area contributed by atoms with Crippen molar-refractivity contribution in [3.05, 3.63) is 59.4 Å². The third-order valence-corrected chi connectivity index (χ3v) is 8.61. The lowest BCUT2D eigenvalue weighted by molar-refractivity contribution is -0.138. The minimum atomic E-state index is -1.42. The molecule has 2 aromatic rings. The zero-order valence-corrected chi connectivity index (χ0v) is 23.9. The van der Waals surface area contributed by atoms with Crippen molar-refractivity contribution in [2.45, 2.75) is 63.9 Å². The number of carbonyl (C=O) groups excluding carboxylic acids is 2. The molecule has 218 valence electrons. The van der Waals surface area contributed by atoms with Crippen LogP contribution in [0, 0.1) is 17.7 Å². The summed E-state index contributed by atoms with van der Waals surface area (Å²) in [7, 11) is 1.50. The summed E-state index contributed by atoms with van der Waals surface area (Å²) in [6.07, 6.45) is 4.98. The lowest BCUT2D eigenvalue weighted by Gasteiger charge is -2.44. The Morgan fingerprint density at radius 2 is 1.95 bits per heavy atom. The third-order valence-electron chi connectivity index (χ3n) is 8.61. The van der Waals surface area contributed by atoms with E-state index in [1.54, 1.807) is 6.07 Å². The number of nitrogens with zero attached hydrogens (tertiary/aromatic N) is 1. The Morgan fingerprint density at radius 3 is 2.70 bits per heavy atom. The molecule has 2 aromatic carbocycles. The first-order valence-electron chi connectivity index (χ1n) is 14.8. The number of aryl methyl sites for hydroxylation is 1. The maximum Gasteiger partial charge on any atom is 0.406 e. The van der Waals surface area contributed by atoms with Gasteiger partial charge < -0.3 is 25.4 Å². The minimum absolute atomic E-state index is 0.128. The van der Waals surface area contributed by atoms with E-state index in [1.807, 2.05) is 35.2 Å². The van der Waals surface area contributed by atoms with Gasteiger partial charge in [-0.2, -0.15) is 0 Å². The first-order chi connectivity index (χ1) is 19.4. The quantitative estimate of drug-likeness (QED) is 0.360. The second-order valence-corrected chi connectivity index (χ2v) is 11.2. The average molecular weight is 554 g/mol. The highest BCUT2D eigenvalue weighted by Gasteiger charge is 2.43. The highest BCUT2D eigenvalue weighted by atomic mass is 19.1. The normalized spacial score (nSPS) is 19.6. The molecule has 2 unspecified atom stereocenters. The lowest BCUT2D eigenvalue weighted by Crippen LogP contribution is -2.49. The van der Waals surface area contributed by atoms with Crippen LogP contribution in [0.15, 0.2) is 42.5 Å². The van der Waals surface area contributed by atoms with Gasteiger partial charge in [-0.15, -0.1) is 0 Å². The van der Waals surface area contributed by atoms with Crippen LogP contribution in [-0.4, -0.2) is 61.8 Å². The van der Waals surface area contributed by atoms with Gasteiger partial charge in [-0.05, 0) is 86.7 Å². The maximum atomic E-state index is 15.6. The van der Waals surface area contributed by atoms with E-state index in [0.29, 0.717) is 43.0 Å². The molecule has 2 saturated heterocycles. The maximum absolute atomic E-state index is 15.6. The lowest BCUT2D eigenvalue weighted by atomic mass is 9.72. The first-order valence-corrected chi connectivity index (χ1v) is 14.8. The molecule has 7 nitrogen and oxygen atoms in total. The number of hydrogen-bond acceptors (Lipinski definition) is 5. The number of ether oxygens (including phenoxy) is 1. The molecule has 0 radical (unpaired) electrons. The van der Waals surface area contributed by atoms with Crippen LogP contribution in [0.5, 0.6) is 0 Å². The van der Waals surface area contributed by atoms with Crippen molar-refractivity contribution in [2.24, 2.45) is 11.8 Å². The van der Waals surface area contributed by atoms with Gasteiger partial charge in [0.1, 0.15) is 5.82 Å². The van der Waals surface area contributed by atoms with Crippen molar-refractivity contribution in [3.8, 4) is 11.1 Å². The van der Waals surface area contributed by atoms with Gasteiger partial charge in [0, 0.05) is 38.0 Å². The zero-order chi connectivity index (χ0) is 28.5. The smallest absolute Gasteiger partial charge is 0.406 e. The molecule has 0 bridgehead atoms. The highest BCUT2D eigenvalue weighted by molar-refractivity contribution is 5.76. The summed E-state index contributed by atoms with van der Waals surface area (Å²) >= 11 is 0. The van der Waals surface area contributed by atoms with Crippen molar-refractivity contribution in [1.29, 1.82) is 0 Å². The van der Waals surface area contributed by atoms with Gasteiger partial charge >= 0.3 is 6.09 Å². The van der Waals surface area contributed by atoms with Gasteiger partial charge in [-0.1, -0.05) is 43.3 Å². The SMILES string of the molecule is CCc1cccc(-c2c(F)cccc2C(O)(CCCOC(=O)NC)C2CCCN(C(=O)CC3CCNCC3)C2)c1. The summed E-state index contributed by atoms with van der Waals surface area (Å²) in [5.41, 5.74) is 1.31. The number of likely N-dealkylation sites (tertiary alicyclic amines) is 1. The van der Waals surface area contributed by atoms with E-state index in [9.17, 15) is 14.7 Å². The predicted molar refractivity (Wildman–Crippen MR) is 154 cm³/mol. The molecule has 4 rings (SSSR count). The van der Waals surface area contributed by atoms with Crippen molar-refractivity contribution in [2.75, 3.05) is 39.8 Å². The summed E-state index contributed by atoms with van der Waals surface area (Å²) < 4.78 is 20.8. The van der Waals surface area contributed by atoms with Gasteiger partial charge in [0.2, 0.25) is 5.91 Å². The van der Waals surface area contributed by atoms with Gasteiger partial charge in [-0.25, -0.2) is 9.18 Å². The van der Waals surface area contributed by atoms with Crippen LogP contribution in [0.1, 0.15) is 63.0 Å². The number of hydrogen-bond donors (Lipinski definition) is 3. The zero-order valence-electron chi connectivity index (χ0n) is 23.9. The van der Waals surface area contributed by atoms with Crippen LogP contribution in [-0.2, 0) is 21.6 Å². The number of alkyl carbamates (subject to hydrolysis) is 1. The van der Waals surface area contributed by atoms with Crippen LogP contribution in [0.3, 0.4) is 0 Å². The fourth-order valence-electron chi connectivity index (χ4n) is 6.32. The van der Waals surface area contributed by atoms with Crippen LogP contribution >= 0.6 is 0 Å². The van der Waals surface area contributed by atoms with Crippen molar-refractivity contribution in [3.63, 3.8) is 0 Å². The molecule has 2 amide bonds. The summed E-state index contributed by atoms with van der Waals surface area (Å²) in [5.74, 6) is -0.152. The molecule has 40 heavy (non-hydrogen) atoms. The number of rotatable bonds is 10. The average Bonchev–Trinajstić information content (AvgIpc) is 2.99. The Bertz CT molecular complexity index is 1150. The van der Waals surface area contributed by atoms with Crippen molar-refractivity contribution >= 4 is 12.0 Å². The fraction of sp³-hybridized carbons (Fsp3) is 0.562. The summed E-state index contributed by atoms with van der Waals surface area (Å²) in [6, 6.07) is 12.7. The highest BCUT2D eigenvalue weighted by Crippen LogP contribution is 2.44. The van der Waals surface area contributed by atoms with Crippen LogP contribution in [0.25, 0.3) is 11.1 Å². The molecule has 3 N–H and O–H groups in total. The standard InChI is InChI=1S/C32H44FN3O4/c1-3-23-8-4-9-25(20-23)30-27(11-5-12-28(30)33)32(39,15-7-19-40-31(38)34-2)26-10-6-18-36(22-26)29(37)21-24-13-16-35-17-14-24/h4-5,8-9,11-12,20,24,26,35,39H,3,6-7,10,13-19,21-22H2,1-2H3,(H,34,38). The van der Waals surface area contributed by atoms with Crippen molar-refractivity contribution in [1.82, 2.24) is 15.5 Å². The number of nitrogens with one attached hydrogen (secondary N) is 2. The van der Waals surface area contributed by atoms with E-state index in [4.69, 9.17) is 4.74 Å². The summed E-state index contributed by atoms with van der Waals surface area (Å²) in [6.45, 7) is 5.16. The number of carbonyl (C=O) groups is 2. The molecular formula is C32H44FN3O4. The molecule has 0 saturated carbocycles. The first kappa shape index (κ1) is 30.0. The molecule has 2 aliphatic heterocycles. The van der Waals surface area contributed by atoms with E-state index in [0.717, 1.165) is 56.3 Å². The van der Waals surface area contributed by atoms with E-state index >= 15 is 4.39 Å². The Kier molecular flexibility index (Phi) is 10.6. The molecule has 0 aromatic heterocycles. The Morgan fingerprint density at radius 1 is 1.18 bits per heavy atom. The molecule has 2 heterocycles. The summed E-state index contributed by atoms with van der Waals surface area (Å²) in [5, 5.41) is 18.4. The van der Waals surface area contributed by atoms with E-state index in [1.165, 1.54) is 13.1 Å². The van der Waals surface area contributed by atoms with Gasteiger partial charge in [0.15, 0.2) is 0 Å². The summed E-state index contributed by atoms with van der Waals surface area (Å²) in [4.78, 5) is 26.9. The Labute approximate surface area is 237 Å². The second kappa shape index (κ2) is 14.1. The minimum Gasteiger partial charge on any atom is -0.450 e. The van der Waals surface area contributed by atoms with Crippen LogP contribution < -0.4 is 10.6 Å². The Balaban J connectivity index is 1.65. The molecule has 0 aliphatic carbocycles. The second-order valence-electron chi connectivity index (χ2n) is 11.2. The largest absolute Gasteiger partial charge is 0.450 e. The number of amides is 2. The number of halogens is 1. The van der Waals surface area contributed by atoms with Crippen LogP contribution in [0.4, 0.5) is 9.18 Å². The van der Waals surface area contributed by atoms with Crippen molar-refractivity contribution < 1.29 is 23.8 Å². The number of piperidine rings is 2. The predicted octanol–water partition coefficient (Wildman–Crippen LogP) is 5.01. The number of aliphatic hydroxyl groups is 1. The fourth-order valence-corrected chi connectivity index (χ4v) is 6.32. The van der Waals surface area contributed by atoms with Gasteiger partial charge in [0.05, 0.1) is 12.2 Å². The van der Waals surface area contributed by atoms with E-state index in [-0.39, 0.29) is 30.7 Å². The topological polar surface area (TPSA) is 90.9 Å². The monoisotopic (exact) mass is 553 g/mol. The Hall–Kier alpha value is -2.97. The van der Waals surface area contributed by atoms with E-state index in [2.05, 4.69) is 17.6 Å². The molecule has 2 fully saturated rings. The van der Waals surface area contributed by atoms with Crippen LogP contribution in [0.2, 0.25) is 0 Å². The van der Waals surface area contributed by atoms with Gasteiger partial charge in [0.25, 0.3) is 0 Å². The number of benzene rings is 2. The molecule has 8 heteroatoms. The van der Waals surface area contributed by atoms with Gasteiger partial charge in [-0.3, -0.25) is 4.79 Å². The molecule has 2 aliphatic rings. The van der Waals surface area contributed by atoms with E-state index < -0.39 is 11.7 Å². The molecular weight excluding hydrogens is 509 g/mol. The third kappa shape index (κ3) is 7.21. The molecule has 2 atom stereocenters.